The Bertz CT molecular complexity index is 476. The van der Waals surface area contributed by atoms with Gasteiger partial charge in [0.2, 0.25) is 5.91 Å². The second kappa shape index (κ2) is 8.67. The molecule has 5 nitrogen and oxygen atoms in total. The topological polar surface area (TPSA) is 67.4 Å². The monoisotopic (exact) mass is 356 g/mol. The molecule has 2 amide bonds. The maximum atomic E-state index is 12.0. The summed E-state index contributed by atoms with van der Waals surface area (Å²) < 4.78 is 6.47. The first-order valence-corrected chi connectivity index (χ1v) is 7.73. The fourth-order valence-electron chi connectivity index (χ4n) is 1.57. The third kappa shape index (κ3) is 6.16. The number of halogens is 1. The molecular weight excluding hydrogens is 336 g/mol. The van der Waals surface area contributed by atoms with Gasteiger partial charge in [0.1, 0.15) is 11.8 Å². The molecule has 2 unspecified atom stereocenters. The van der Waals surface area contributed by atoms with Crippen LogP contribution < -0.4 is 15.4 Å². The summed E-state index contributed by atoms with van der Waals surface area (Å²) in [6, 6.07) is 6.62. The predicted molar refractivity (Wildman–Crippen MR) is 85.1 cm³/mol. The third-order valence-corrected chi connectivity index (χ3v) is 3.33. The van der Waals surface area contributed by atoms with Crippen molar-refractivity contribution in [1.29, 1.82) is 0 Å². The summed E-state index contributed by atoms with van der Waals surface area (Å²) in [7, 11) is 0. The van der Waals surface area contributed by atoms with Crippen molar-refractivity contribution in [3.63, 3.8) is 0 Å². The van der Waals surface area contributed by atoms with Crippen LogP contribution in [0.2, 0.25) is 0 Å². The minimum Gasteiger partial charge on any atom is -0.481 e. The Morgan fingerprint density at radius 3 is 2.38 bits per heavy atom. The van der Waals surface area contributed by atoms with Crippen LogP contribution in [0.5, 0.6) is 5.75 Å². The molecule has 116 valence electrons. The molecular formula is C15H21BrN2O3. The van der Waals surface area contributed by atoms with Gasteiger partial charge < -0.3 is 15.4 Å². The van der Waals surface area contributed by atoms with Crippen LogP contribution in [0.15, 0.2) is 28.7 Å². The molecule has 0 saturated carbocycles. The van der Waals surface area contributed by atoms with Gasteiger partial charge in [-0.05, 0) is 44.5 Å². The molecule has 2 atom stereocenters. The average Bonchev–Trinajstić information content (AvgIpc) is 2.46. The van der Waals surface area contributed by atoms with Crippen molar-refractivity contribution in [2.75, 3.05) is 6.54 Å². The molecule has 1 aromatic carbocycles. The van der Waals surface area contributed by atoms with Crippen molar-refractivity contribution in [3.05, 3.63) is 28.7 Å². The van der Waals surface area contributed by atoms with E-state index in [-0.39, 0.29) is 11.8 Å². The Morgan fingerprint density at radius 1 is 1.19 bits per heavy atom. The van der Waals surface area contributed by atoms with E-state index in [2.05, 4.69) is 26.6 Å². The van der Waals surface area contributed by atoms with Gasteiger partial charge in [-0.3, -0.25) is 9.59 Å². The second-order valence-corrected chi connectivity index (χ2v) is 5.65. The van der Waals surface area contributed by atoms with E-state index in [9.17, 15) is 9.59 Å². The molecule has 21 heavy (non-hydrogen) atoms. The number of carbonyl (C=O) groups excluding carboxylic acids is 2. The van der Waals surface area contributed by atoms with Gasteiger partial charge in [0.05, 0.1) is 0 Å². The zero-order valence-electron chi connectivity index (χ0n) is 12.5. The van der Waals surface area contributed by atoms with Crippen LogP contribution >= 0.6 is 15.9 Å². The van der Waals surface area contributed by atoms with Gasteiger partial charge in [0.25, 0.3) is 5.91 Å². The molecule has 0 fully saturated rings. The lowest BCUT2D eigenvalue weighted by Gasteiger charge is -2.18. The molecule has 0 bridgehead atoms. The maximum absolute atomic E-state index is 12.0. The largest absolute Gasteiger partial charge is 0.481 e. The predicted octanol–water partition coefficient (Wildman–Crippen LogP) is 2.25. The lowest BCUT2D eigenvalue weighted by molar-refractivity contribution is -0.132. The molecule has 0 aliphatic rings. The van der Waals surface area contributed by atoms with Crippen molar-refractivity contribution in [3.8, 4) is 5.75 Å². The Labute approximate surface area is 133 Å². The second-order valence-electron chi connectivity index (χ2n) is 4.74. The summed E-state index contributed by atoms with van der Waals surface area (Å²) in [4.78, 5) is 23.7. The highest BCUT2D eigenvalue weighted by atomic mass is 79.9. The molecule has 0 aromatic heterocycles. The van der Waals surface area contributed by atoms with Gasteiger partial charge in [-0.25, -0.2) is 0 Å². The normalized spacial score (nSPS) is 13.1. The summed E-state index contributed by atoms with van der Waals surface area (Å²) in [5, 5.41) is 5.37. The summed E-state index contributed by atoms with van der Waals surface area (Å²) in [6.07, 6.45) is 0.183. The lowest BCUT2D eigenvalue weighted by Crippen LogP contribution is -2.48. The number of rotatable bonds is 7. The summed E-state index contributed by atoms with van der Waals surface area (Å²) >= 11 is 3.33. The first-order chi connectivity index (χ1) is 9.93. The molecule has 6 heteroatoms. The SMILES string of the molecule is CCCNC(=O)C(C)NC(=O)C(C)Oc1ccc(Br)cc1. The number of hydrogen-bond acceptors (Lipinski definition) is 3. The maximum Gasteiger partial charge on any atom is 0.261 e. The highest BCUT2D eigenvalue weighted by molar-refractivity contribution is 9.10. The summed E-state index contributed by atoms with van der Waals surface area (Å²) in [5.74, 6) is 0.0852. The van der Waals surface area contributed by atoms with Crippen LogP contribution in [-0.4, -0.2) is 30.5 Å². The van der Waals surface area contributed by atoms with E-state index in [1.54, 1.807) is 26.0 Å². The van der Waals surface area contributed by atoms with E-state index in [4.69, 9.17) is 4.74 Å². The fourth-order valence-corrected chi connectivity index (χ4v) is 1.83. The standard InChI is InChI=1S/C15H21BrN2O3/c1-4-9-17-14(19)10(2)18-15(20)11(3)21-13-7-5-12(16)6-8-13/h5-8,10-11H,4,9H2,1-3H3,(H,17,19)(H,18,20). The molecule has 0 radical (unpaired) electrons. The number of carbonyl (C=O) groups is 2. The van der Waals surface area contributed by atoms with Crippen LogP contribution in [0.1, 0.15) is 27.2 Å². The van der Waals surface area contributed by atoms with E-state index in [1.807, 2.05) is 19.1 Å². The molecule has 1 rings (SSSR count). The van der Waals surface area contributed by atoms with Gasteiger partial charge in [0, 0.05) is 11.0 Å². The number of amides is 2. The number of ether oxygens (including phenoxy) is 1. The number of nitrogens with one attached hydrogen (secondary N) is 2. The van der Waals surface area contributed by atoms with Crippen LogP contribution in [0.4, 0.5) is 0 Å². The minimum atomic E-state index is -0.674. The van der Waals surface area contributed by atoms with Crippen LogP contribution in [0, 0.1) is 0 Å². The zero-order chi connectivity index (χ0) is 15.8. The van der Waals surface area contributed by atoms with Gasteiger partial charge in [-0.15, -0.1) is 0 Å². The van der Waals surface area contributed by atoms with E-state index < -0.39 is 12.1 Å². The van der Waals surface area contributed by atoms with Crippen molar-refractivity contribution in [2.24, 2.45) is 0 Å². The average molecular weight is 357 g/mol. The number of benzene rings is 1. The Balaban J connectivity index is 2.46. The Morgan fingerprint density at radius 2 is 1.81 bits per heavy atom. The number of hydrogen-bond donors (Lipinski definition) is 2. The smallest absolute Gasteiger partial charge is 0.261 e. The van der Waals surface area contributed by atoms with Crippen LogP contribution in [0.3, 0.4) is 0 Å². The van der Waals surface area contributed by atoms with Gasteiger partial charge in [0.15, 0.2) is 6.10 Å². The molecule has 1 aromatic rings. The molecule has 0 spiro atoms. The highest BCUT2D eigenvalue weighted by Gasteiger charge is 2.20. The molecule has 0 saturated heterocycles. The molecule has 0 aliphatic heterocycles. The van der Waals surface area contributed by atoms with Crippen LogP contribution in [0.25, 0.3) is 0 Å². The van der Waals surface area contributed by atoms with E-state index >= 15 is 0 Å². The Hall–Kier alpha value is -1.56. The van der Waals surface area contributed by atoms with E-state index in [0.29, 0.717) is 12.3 Å². The molecule has 2 N–H and O–H groups in total. The molecule has 0 heterocycles. The first-order valence-electron chi connectivity index (χ1n) is 6.94. The van der Waals surface area contributed by atoms with Crippen molar-refractivity contribution in [2.45, 2.75) is 39.3 Å². The molecule has 0 aliphatic carbocycles. The van der Waals surface area contributed by atoms with Crippen molar-refractivity contribution < 1.29 is 14.3 Å². The van der Waals surface area contributed by atoms with Gasteiger partial charge in [-0.1, -0.05) is 22.9 Å². The highest BCUT2D eigenvalue weighted by Crippen LogP contribution is 2.17. The van der Waals surface area contributed by atoms with Crippen molar-refractivity contribution >= 4 is 27.7 Å². The van der Waals surface area contributed by atoms with Crippen molar-refractivity contribution in [1.82, 2.24) is 10.6 Å². The quantitative estimate of drug-likeness (QED) is 0.787. The van der Waals surface area contributed by atoms with Gasteiger partial charge in [-0.2, -0.15) is 0 Å². The van der Waals surface area contributed by atoms with E-state index in [0.717, 1.165) is 10.9 Å². The Kier molecular flexibility index (Phi) is 7.22. The lowest BCUT2D eigenvalue weighted by atomic mass is 10.2. The zero-order valence-corrected chi connectivity index (χ0v) is 14.1. The third-order valence-electron chi connectivity index (χ3n) is 2.80. The fraction of sp³-hybridized carbons (Fsp3) is 0.467. The van der Waals surface area contributed by atoms with Gasteiger partial charge >= 0.3 is 0 Å². The van der Waals surface area contributed by atoms with Crippen LogP contribution in [-0.2, 0) is 9.59 Å². The summed E-state index contributed by atoms with van der Waals surface area (Å²) in [6.45, 7) is 5.87. The first kappa shape index (κ1) is 17.5. The van der Waals surface area contributed by atoms with E-state index in [1.165, 1.54) is 0 Å². The minimum absolute atomic E-state index is 0.193. The summed E-state index contributed by atoms with van der Waals surface area (Å²) in [5.41, 5.74) is 0.